The minimum absolute atomic E-state index is 0.367. The Morgan fingerprint density at radius 1 is 1.27 bits per heavy atom. The number of hydrogen-bond acceptors (Lipinski definition) is 6. The lowest BCUT2D eigenvalue weighted by atomic mass is 10.1. The van der Waals surface area contributed by atoms with E-state index in [1.807, 2.05) is 6.07 Å². The quantitative estimate of drug-likeness (QED) is 0.563. The summed E-state index contributed by atoms with van der Waals surface area (Å²) in [6.45, 7) is 0.424. The normalized spacial score (nSPS) is 10.6. The van der Waals surface area contributed by atoms with Crippen molar-refractivity contribution in [3.8, 4) is 10.7 Å². The molecule has 0 atom stereocenters. The first kappa shape index (κ1) is 14.6. The number of halogens is 1. The highest BCUT2D eigenvalue weighted by Crippen LogP contribution is 2.28. The van der Waals surface area contributed by atoms with Crippen molar-refractivity contribution < 1.29 is 10.0 Å². The number of nitrogens with one attached hydrogen (secondary N) is 1. The van der Waals surface area contributed by atoms with Crippen LogP contribution in [0.2, 0.25) is 4.34 Å². The molecule has 0 radical (unpaired) electrons. The first-order valence-corrected chi connectivity index (χ1v) is 7.42. The van der Waals surface area contributed by atoms with E-state index in [9.17, 15) is 4.79 Å². The second-order valence-corrected chi connectivity index (χ2v) is 6.10. The standard InChI is InChI=1S/C13H10ClN5O2S/c14-11-6-5-10(22-11)12-15-18-19(16-12)7-8-1-3-9(4-2-8)13(20)17-21/h1-6,21H,7H2,(H,17,20). The van der Waals surface area contributed by atoms with E-state index in [4.69, 9.17) is 16.8 Å². The van der Waals surface area contributed by atoms with Crippen LogP contribution in [0.4, 0.5) is 0 Å². The highest BCUT2D eigenvalue weighted by atomic mass is 35.5. The zero-order valence-corrected chi connectivity index (χ0v) is 12.7. The summed E-state index contributed by atoms with van der Waals surface area (Å²) in [5, 5.41) is 20.8. The second-order valence-electron chi connectivity index (χ2n) is 4.39. The van der Waals surface area contributed by atoms with Crippen LogP contribution in [-0.2, 0) is 6.54 Å². The van der Waals surface area contributed by atoms with E-state index in [0.29, 0.717) is 22.3 Å². The van der Waals surface area contributed by atoms with Gasteiger partial charge in [-0.2, -0.15) is 4.80 Å². The fraction of sp³-hybridized carbons (Fsp3) is 0.0769. The molecule has 2 heterocycles. The largest absolute Gasteiger partial charge is 0.288 e. The van der Waals surface area contributed by atoms with Gasteiger partial charge in [0, 0.05) is 5.56 Å². The fourth-order valence-corrected chi connectivity index (χ4v) is 2.80. The number of amides is 1. The topological polar surface area (TPSA) is 92.9 Å². The molecule has 0 saturated carbocycles. The number of aromatic nitrogens is 4. The molecule has 22 heavy (non-hydrogen) atoms. The van der Waals surface area contributed by atoms with Crippen LogP contribution in [0.1, 0.15) is 15.9 Å². The summed E-state index contributed by atoms with van der Waals surface area (Å²) in [4.78, 5) is 13.5. The van der Waals surface area contributed by atoms with Crippen LogP contribution < -0.4 is 5.48 Å². The summed E-state index contributed by atoms with van der Waals surface area (Å²) in [6.07, 6.45) is 0. The van der Waals surface area contributed by atoms with Gasteiger partial charge in [0.25, 0.3) is 5.91 Å². The molecule has 0 saturated heterocycles. The van der Waals surface area contributed by atoms with Gasteiger partial charge in [-0.1, -0.05) is 23.7 Å². The molecule has 0 aliphatic rings. The molecular formula is C13H10ClN5O2S. The summed E-state index contributed by atoms with van der Waals surface area (Å²) >= 11 is 7.27. The number of benzene rings is 1. The first-order valence-electron chi connectivity index (χ1n) is 6.22. The lowest BCUT2D eigenvalue weighted by molar-refractivity contribution is 0.0706. The predicted molar refractivity (Wildman–Crippen MR) is 80.9 cm³/mol. The van der Waals surface area contributed by atoms with Crippen LogP contribution in [0.3, 0.4) is 0 Å². The van der Waals surface area contributed by atoms with Gasteiger partial charge in [-0.05, 0) is 35.0 Å². The molecule has 112 valence electrons. The Morgan fingerprint density at radius 3 is 2.68 bits per heavy atom. The minimum atomic E-state index is -0.553. The Kier molecular flexibility index (Phi) is 4.14. The molecule has 9 heteroatoms. The number of tetrazole rings is 1. The van der Waals surface area contributed by atoms with Crippen molar-refractivity contribution in [1.29, 1.82) is 0 Å². The van der Waals surface area contributed by atoms with E-state index in [1.54, 1.807) is 35.8 Å². The SMILES string of the molecule is O=C(NO)c1ccc(Cn2nnc(-c3ccc(Cl)s3)n2)cc1. The van der Waals surface area contributed by atoms with E-state index in [-0.39, 0.29) is 0 Å². The molecule has 3 aromatic rings. The van der Waals surface area contributed by atoms with Crippen molar-refractivity contribution in [3.63, 3.8) is 0 Å². The van der Waals surface area contributed by atoms with Gasteiger partial charge >= 0.3 is 0 Å². The number of nitrogens with zero attached hydrogens (tertiary/aromatic N) is 4. The van der Waals surface area contributed by atoms with Crippen LogP contribution in [0, 0.1) is 0 Å². The van der Waals surface area contributed by atoms with Crippen molar-refractivity contribution in [2.45, 2.75) is 6.54 Å². The summed E-state index contributed by atoms with van der Waals surface area (Å²) in [6, 6.07) is 10.4. The fourth-order valence-electron chi connectivity index (χ4n) is 1.83. The number of carbonyl (C=O) groups is 1. The van der Waals surface area contributed by atoms with E-state index in [0.717, 1.165) is 10.4 Å². The molecule has 0 aliphatic heterocycles. The van der Waals surface area contributed by atoms with Gasteiger partial charge in [-0.25, -0.2) is 5.48 Å². The van der Waals surface area contributed by atoms with Crippen molar-refractivity contribution in [1.82, 2.24) is 25.7 Å². The lowest BCUT2D eigenvalue weighted by Gasteiger charge is -2.02. The van der Waals surface area contributed by atoms with Crippen LogP contribution in [0.15, 0.2) is 36.4 Å². The van der Waals surface area contributed by atoms with E-state index < -0.39 is 5.91 Å². The summed E-state index contributed by atoms with van der Waals surface area (Å²) < 4.78 is 0.670. The molecule has 0 spiro atoms. The monoisotopic (exact) mass is 335 g/mol. The van der Waals surface area contributed by atoms with Crippen molar-refractivity contribution in [3.05, 3.63) is 51.9 Å². The highest BCUT2D eigenvalue weighted by molar-refractivity contribution is 7.19. The molecule has 0 unspecified atom stereocenters. The molecular weight excluding hydrogens is 326 g/mol. The molecule has 0 fully saturated rings. The zero-order chi connectivity index (χ0) is 15.5. The third kappa shape index (κ3) is 3.14. The van der Waals surface area contributed by atoms with Crippen molar-refractivity contribution in [2.24, 2.45) is 0 Å². The molecule has 2 aromatic heterocycles. The zero-order valence-electron chi connectivity index (χ0n) is 11.1. The highest BCUT2D eigenvalue weighted by Gasteiger charge is 2.09. The van der Waals surface area contributed by atoms with Gasteiger partial charge in [0.05, 0.1) is 15.8 Å². The maximum Gasteiger partial charge on any atom is 0.274 e. The minimum Gasteiger partial charge on any atom is -0.288 e. The number of rotatable bonds is 4. The number of hydrogen-bond donors (Lipinski definition) is 2. The molecule has 7 nitrogen and oxygen atoms in total. The third-order valence-electron chi connectivity index (χ3n) is 2.89. The average Bonchev–Trinajstić information content (AvgIpc) is 3.16. The molecule has 2 N–H and O–H groups in total. The van der Waals surface area contributed by atoms with Gasteiger partial charge in [0.15, 0.2) is 0 Å². The summed E-state index contributed by atoms with van der Waals surface area (Å²) in [7, 11) is 0. The number of hydroxylamine groups is 1. The Labute approximate surface area is 134 Å². The average molecular weight is 336 g/mol. The summed E-state index contributed by atoms with van der Waals surface area (Å²) in [5.41, 5.74) is 2.86. The van der Waals surface area contributed by atoms with Gasteiger partial charge in [0.1, 0.15) is 0 Å². The van der Waals surface area contributed by atoms with Crippen molar-refractivity contribution >= 4 is 28.8 Å². The van der Waals surface area contributed by atoms with Crippen LogP contribution in [0.25, 0.3) is 10.7 Å². The second kappa shape index (κ2) is 6.22. The van der Waals surface area contributed by atoms with Crippen molar-refractivity contribution in [2.75, 3.05) is 0 Å². The molecule has 1 amide bonds. The Bertz CT molecular complexity index is 799. The third-order valence-corrected chi connectivity index (χ3v) is 4.12. The van der Waals surface area contributed by atoms with Crippen LogP contribution >= 0.6 is 22.9 Å². The maximum atomic E-state index is 11.2. The van der Waals surface area contributed by atoms with Crippen LogP contribution in [-0.4, -0.2) is 31.3 Å². The van der Waals surface area contributed by atoms with E-state index >= 15 is 0 Å². The van der Waals surface area contributed by atoms with Gasteiger partial charge in [0.2, 0.25) is 5.82 Å². The van der Waals surface area contributed by atoms with Gasteiger partial charge < -0.3 is 0 Å². The smallest absolute Gasteiger partial charge is 0.274 e. The summed E-state index contributed by atoms with van der Waals surface area (Å²) in [5.74, 6) is -0.0320. The number of carbonyl (C=O) groups excluding carboxylic acids is 1. The molecule has 1 aromatic carbocycles. The Morgan fingerprint density at radius 2 is 2.05 bits per heavy atom. The van der Waals surface area contributed by atoms with Crippen LogP contribution in [0.5, 0.6) is 0 Å². The number of thiophene rings is 1. The predicted octanol–water partition coefficient (Wildman–Crippen LogP) is 2.22. The Balaban J connectivity index is 1.73. The molecule has 3 rings (SSSR count). The lowest BCUT2D eigenvalue weighted by Crippen LogP contribution is -2.18. The van der Waals surface area contributed by atoms with E-state index in [1.165, 1.54) is 16.1 Å². The van der Waals surface area contributed by atoms with Gasteiger partial charge in [-0.15, -0.1) is 21.5 Å². The van der Waals surface area contributed by atoms with E-state index in [2.05, 4.69) is 15.4 Å². The molecule has 0 bridgehead atoms. The first-order chi connectivity index (χ1) is 10.7. The maximum absolute atomic E-state index is 11.2. The molecule has 0 aliphatic carbocycles. The Hall–Kier alpha value is -2.29. The van der Waals surface area contributed by atoms with Gasteiger partial charge in [-0.3, -0.25) is 10.0 Å².